The molecule has 0 radical (unpaired) electrons. The van der Waals surface area contributed by atoms with E-state index >= 15 is 0 Å². The van der Waals surface area contributed by atoms with Crippen molar-refractivity contribution in [1.82, 2.24) is 4.90 Å². The van der Waals surface area contributed by atoms with Gasteiger partial charge < -0.3 is 0 Å². The molecule has 1 atom stereocenters. The predicted octanol–water partition coefficient (Wildman–Crippen LogP) is 3.27. The van der Waals surface area contributed by atoms with Crippen molar-refractivity contribution < 1.29 is 9.18 Å². The molecule has 1 aliphatic rings. The van der Waals surface area contributed by atoms with Gasteiger partial charge in [-0.3, -0.25) is 9.69 Å². The largest absolute Gasteiger partial charge is 0.293 e. The predicted molar refractivity (Wildman–Crippen MR) is 70.2 cm³/mol. The number of ketones is 1. The highest BCUT2D eigenvalue weighted by atomic mass is 19.1. The topological polar surface area (TPSA) is 20.3 Å². The lowest BCUT2D eigenvalue weighted by molar-refractivity contribution is 0.0834. The van der Waals surface area contributed by atoms with Crippen molar-refractivity contribution in [2.75, 3.05) is 13.1 Å². The van der Waals surface area contributed by atoms with Gasteiger partial charge in [0.05, 0.1) is 12.1 Å². The zero-order valence-electron chi connectivity index (χ0n) is 10.9. The van der Waals surface area contributed by atoms with E-state index in [0.29, 0.717) is 12.6 Å². The summed E-state index contributed by atoms with van der Waals surface area (Å²) in [7, 11) is 0. The molecule has 18 heavy (non-hydrogen) atoms. The SMILES string of the molecule is CCC1CCCCN1CC(=O)c1ccccc1F. The highest BCUT2D eigenvalue weighted by Crippen LogP contribution is 2.20. The Morgan fingerprint density at radius 2 is 2.17 bits per heavy atom. The average molecular weight is 249 g/mol. The van der Waals surface area contributed by atoms with Crippen LogP contribution in [0.1, 0.15) is 43.0 Å². The van der Waals surface area contributed by atoms with Gasteiger partial charge in [0.2, 0.25) is 0 Å². The molecule has 0 spiro atoms. The van der Waals surface area contributed by atoms with Gasteiger partial charge in [-0.25, -0.2) is 4.39 Å². The van der Waals surface area contributed by atoms with Crippen molar-refractivity contribution in [1.29, 1.82) is 0 Å². The van der Waals surface area contributed by atoms with Crippen LogP contribution in [0.4, 0.5) is 4.39 Å². The van der Waals surface area contributed by atoms with Crippen LogP contribution >= 0.6 is 0 Å². The van der Waals surface area contributed by atoms with Gasteiger partial charge in [0.25, 0.3) is 0 Å². The van der Waals surface area contributed by atoms with E-state index in [1.807, 2.05) is 0 Å². The Kier molecular flexibility index (Phi) is 4.48. The Morgan fingerprint density at radius 1 is 1.39 bits per heavy atom. The first kappa shape index (κ1) is 13.2. The Morgan fingerprint density at radius 3 is 2.89 bits per heavy atom. The Labute approximate surface area is 108 Å². The van der Waals surface area contributed by atoms with Crippen LogP contribution < -0.4 is 0 Å². The molecule has 2 rings (SSSR count). The summed E-state index contributed by atoms with van der Waals surface area (Å²) >= 11 is 0. The summed E-state index contributed by atoms with van der Waals surface area (Å²) in [5, 5.41) is 0. The van der Waals surface area contributed by atoms with Gasteiger partial charge in [0.15, 0.2) is 5.78 Å². The minimum atomic E-state index is -0.410. The third-order valence-electron chi connectivity index (χ3n) is 3.74. The van der Waals surface area contributed by atoms with Crippen LogP contribution in [-0.4, -0.2) is 29.8 Å². The number of piperidine rings is 1. The van der Waals surface area contributed by atoms with E-state index in [9.17, 15) is 9.18 Å². The Balaban J connectivity index is 2.04. The summed E-state index contributed by atoms with van der Waals surface area (Å²) in [6.07, 6.45) is 4.59. The number of nitrogens with zero attached hydrogens (tertiary/aromatic N) is 1. The van der Waals surface area contributed by atoms with Gasteiger partial charge in [-0.15, -0.1) is 0 Å². The molecular formula is C15H20FNO. The fourth-order valence-electron chi connectivity index (χ4n) is 2.69. The van der Waals surface area contributed by atoms with Crippen LogP contribution in [0.15, 0.2) is 24.3 Å². The molecule has 1 aliphatic heterocycles. The molecule has 1 aromatic carbocycles. The number of rotatable bonds is 4. The molecule has 1 aromatic rings. The van der Waals surface area contributed by atoms with Gasteiger partial charge in [0.1, 0.15) is 5.82 Å². The Bertz CT molecular complexity index is 419. The number of hydrogen-bond donors (Lipinski definition) is 0. The highest BCUT2D eigenvalue weighted by molar-refractivity contribution is 5.97. The molecule has 0 aliphatic carbocycles. The van der Waals surface area contributed by atoms with Crippen molar-refractivity contribution in [2.45, 2.75) is 38.6 Å². The van der Waals surface area contributed by atoms with Crippen molar-refractivity contribution in [3.8, 4) is 0 Å². The summed E-state index contributed by atoms with van der Waals surface area (Å²) in [5.74, 6) is -0.513. The first-order valence-corrected chi connectivity index (χ1v) is 6.74. The molecule has 1 unspecified atom stereocenters. The van der Waals surface area contributed by atoms with Gasteiger partial charge in [-0.05, 0) is 37.9 Å². The third-order valence-corrected chi connectivity index (χ3v) is 3.74. The van der Waals surface area contributed by atoms with Gasteiger partial charge >= 0.3 is 0 Å². The van der Waals surface area contributed by atoms with Crippen LogP contribution in [0.2, 0.25) is 0 Å². The van der Waals surface area contributed by atoms with E-state index in [2.05, 4.69) is 11.8 Å². The van der Waals surface area contributed by atoms with Crippen LogP contribution in [0.25, 0.3) is 0 Å². The molecule has 0 N–H and O–H groups in total. The fraction of sp³-hybridized carbons (Fsp3) is 0.533. The van der Waals surface area contributed by atoms with Crippen LogP contribution in [-0.2, 0) is 0 Å². The molecule has 1 heterocycles. The molecule has 98 valence electrons. The summed E-state index contributed by atoms with van der Waals surface area (Å²) in [4.78, 5) is 14.3. The van der Waals surface area contributed by atoms with Crippen LogP contribution in [0.3, 0.4) is 0 Å². The molecule has 2 nitrogen and oxygen atoms in total. The summed E-state index contributed by atoms with van der Waals surface area (Å²) < 4.78 is 13.5. The number of hydrogen-bond acceptors (Lipinski definition) is 2. The first-order valence-electron chi connectivity index (χ1n) is 6.74. The second-order valence-electron chi connectivity index (χ2n) is 4.93. The van der Waals surface area contributed by atoms with Crippen molar-refractivity contribution in [2.24, 2.45) is 0 Å². The number of halogens is 1. The maximum Gasteiger partial charge on any atom is 0.179 e. The van der Waals surface area contributed by atoms with Crippen LogP contribution in [0.5, 0.6) is 0 Å². The molecular weight excluding hydrogens is 229 g/mol. The monoisotopic (exact) mass is 249 g/mol. The summed E-state index contributed by atoms with van der Waals surface area (Å²) in [6.45, 7) is 3.45. The van der Waals surface area contributed by atoms with Crippen molar-refractivity contribution in [3.63, 3.8) is 0 Å². The first-order chi connectivity index (χ1) is 8.72. The number of likely N-dealkylation sites (tertiary alicyclic amines) is 1. The second-order valence-corrected chi connectivity index (χ2v) is 4.93. The highest BCUT2D eigenvalue weighted by Gasteiger charge is 2.23. The maximum atomic E-state index is 13.5. The van der Waals surface area contributed by atoms with Gasteiger partial charge in [-0.2, -0.15) is 0 Å². The van der Waals surface area contributed by atoms with E-state index in [1.165, 1.54) is 12.5 Å². The van der Waals surface area contributed by atoms with Crippen molar-refractivity contribution >= 4 is 5.78 Å². The number of carbonyl (C=O) groups is 1. The van der Waals surface area contributed by atoms with E-state index in [0.717, 1.165) is 25.8 Å². The summed E-state index contributed by atoms with van der Waals surface area (Å²) in [5.41, 5.74) is 0.220. The molecule has 0 saturated carbocycles. The quantitative estimate of drug-likeness (QED) is 0.763. The Hall–Kier alpha value is -1.22. The van der Waals surface area contributed by atoms with Crippen LogP contribution in [0, 0.1) is 5.82 Å². The number of Topliss-reactive ketones (excluding diaryl/α,β-unsaturated/α-hetero) is 1. The standard InChI is InChI=1S/C15H20FNO/c1-2-12-7-5-6-10-17(12)11-15(18)13-8-3-4-9-14(13)16/h3-4,8-9,12H,2,5-7,10-11H2,1H3. The molecule has 0 amide bonds. The minimum absolute atomic E-state index is 0.103. The minimum Gasteiger partial charge on any atom is -0.293 e. The lowest BCUT2D eigenvalue weighted by atomic mass is 9.99. The second kappa shape index (κ2) is 6.10. The third kappa shape index (κ3) is 2.96. The van der Waals surface area contributed by atoms with E-state index < -0.39 is 5.82 Å². The smallest absolute Gasteiger partial charge is 0.179 e. The normalized spacial score (nSPS) is 20.9. The maximum absolute atomic E-state index is 13.5. The number of benzene rings is 1. The fourth-order valence-corrected chi connectivity index (χ4v) is 2.69. The van der Waals surface area contributed by atoms with E-state index in [-0.39, 0.29) is 11.3 Å². The van der Waals surface area contributed by atoms with Gasteiger partial charge in [0, 0.05) is 6.04 Å². The van der Waals surface area contributed by atoms with E-state index in [4.69, 9.17) is 0 Å². The number of carbonyl (C=O) groups excluding carboxylic acids is 1. The zero-order valence-corrected chi connectivity index (χ0v) is 10.9. The van der Waals surface area contributed by atoms with Crippen molar-refractivity contribution in [3.05, 3.63) is 35.6 Å². The molecule has 3 heteroatoms. The van der Waals surface area contributed by atoms with Gasteiger partial charge in [-0.1, -0.05) is 25.5 Å². The molecule has 0 bridgehead atoms. The summed E-state index contributed by atoms with van der Waals surface area (Å²) in [6, 6.07) is 6.73. The lowest BCUT2D eigenvalue weighted by Gasteiger charge is -2.34. The molecule has 1 fully saturated rings. The zero-order chi connectivity index (χ0) is 13.0. The molecule has 1 saturated heterocycles. The van der Waals surface area contributed by atoms with E-state index in [1.54, 1.807) is 18.2 Å². The average Bonchev–Trinajstić information content (AvgIpc) is 2.39. The lowest BCUT2D eigenvalue weighted by Crippen LogP contribution is -2.42. The molecule has 0 aromatic heterocycles.